The van der Waals surface area contributed by atoms with Gasteiger partial charge >= 0.3 is 0 Å². The molecule has 0 atom stereocenters. The number of nitrogens with one attached hydrogen (secondary N) is 1. The van der Waals surface area contributed by atoms with Crippen LogP contribution >= 0.6 is 0 Å². The number of fused-ring (bicyclic) bond motifs is 1. The van der Waals surface area contributed by atoms with Crippen molar-refractivity contribution in [1.82, 2.24) is 29.7 Å². The van der Waals surface area contributed by atoms with E-state index in [2.05, 4.69) is 29.7 Å². The summed E-state index contributed by atoms with van der Waals surface area (Å²) in [5.74, 6) is 0.864. The molecule has 2 aromatic rings. The van der Waals surface area contributed by atoms with Crippen LogP contribution in [0.1, 0.15) is 11.3 Å². The third-order valence-corrected chi connectivity index (χ3v) is 5.01. The quantitative estimate of drug-likeness (QED) is 0.694. The van der Waals surface area contributed by atoms with Gasteiger partial charge in [-0.05, 0) is 12.5 Å². The molecule has 2 aliphatic rings. The molecule has 0 aliphatic carbocycles. The van der Waals surface area contributed by atoms with Crippen molar-refractivity contribution < 1.29 is 4.79 Å². The number of piperazine rings is 1. The minimum Gasteiger partial charge on any atom is -0.369 e. The molecule has 142 valence electrons. The lowest BCUT2D eigenvalue weighted by atomic mass is 10.1. The lowest BCUT2D eigenvalue weighted by Crippen LogP contribution is -2.51. The first-order valence-corrected chi connectivity index (χ1v) is 9.00. The van der Waals surface area contributed by atoms with Gasteiger partial charge in [0.1, 0.15) is 0 Å². The molecule has 3 N–H and O–H groups in total. The molecule has 0 spiro atoms. The molecule has 0 aromatic carbocycles. The maximum Gasteiger partial charge on any atom is 0.255 e. The van der Waals surface area contributed by atoms with Crippen LogP contribution < -0.4 is 16.2 Å². The fourth-order valence-electron chi connectivity index (χ4n) is 3.52. The van der Waals surface area contributed by atoms with E-state index in [-0.39, 0.29) is 17.4 Å². The summed E-state index contributed by atoms with van der Waals surface area (Å²) in [6.45, 7) is 4.34. The summed E-state index contributed by atoms with van der Waals surface area (Å²) in [5, 5.41) is 0. The van der Waals surface area contributed by atoms with Gasteiger partial charge in [-0.1, -0.05) is 0 Å². The summed E-state index contributed by atoms with van der Waals surface area (Å²) in [7, 11) is 0. The van der Waals surface area contributed by atoms with Crippen molar-refractivity contribution in [2.45, 2.75) is 13.0 Å². The number of aromatic amines is 1. The van der Waals surface area contributed by atoms with Crippen molar-refractivity contribution in [3.63, 3.8) is 0 Å². The van der Waals surface area contributed by atoms with E-state index in [4.69, 9.17) is 5.73 Å². The minimum atomic E-state index is -0.205. The number of nitrogen functional groups attached to an aromatic ring is 1. The predicted molar refractivity (Wildman–Crippen MR) is 99.1 cm³/mol. The Balaban J connectivity index is 1.33. The number of H-pyrrole nitrogens is 1. The molecule has 1 amide bonds. The molecule has 27 heavy (non-hydrogen) atoms. The molecule has 0 bridgehead atoms. The Labute approximate surface area is 156 Å². The summed E-state index contributed by atoms with van der Waals surface area (Å²) in [5.41, 5.74) is 6.65. The number of nitrogens with two attached hydrogens (primary N) is 1. The number of hydrogen-bond donors (Lipinski definition) is 2. The zero-order valence-corrected chi connectivity index (χ0v) is 15.0. The SMILES string of the molecule is Nc1nc2c(c(=O)[nH]1)CCN(C(=O)CN1CCN(c3ncccn3)CC1)C2. The number of amides is 1. The molecule has 4 rings (SSSR count). The Kier molecular flexibility index (Phi) is 4.71. The maximum absolute atomic E-state index is 12.7. The van der Waals surface area contributed by atoms with Crippen LogP contribution in [0.15, 0.2) is 23.3 Å². The standard InChI is InChI=1S/C17H22N8O2/c18-16-21-13-10-25(5-2-12(13)15(27)22-16)14(26)11-23-6-8-24(9-7-23)17-19-3-1-4-20-17/h1,3-4H,2,5-11H2,(H3,18,21,22,27). The lowest BCUT2D eigenvalue weighted by molar-refractivity contribution is -0.133. The van der Waals surface area contributed by atoms with Crippen molar-refractivity contribution in [1.29, 1.82) is 0 Å². The molecule has 2 aliphatic heterocycles. The summed E-state index contributed by atoms with van der Waals surface area (Å²) < 4.78 is 0. The van der Waals surface area contributed by atoms with E-state index in [1.54, 1.807) is 23.4 Å². The average molecular weight is 370 g/mol. The molecule has 0 unspecified atom stereocenters. The van der Waals surface area contributed by atoms with E-state index in [0.717, 1.165) is 32.1 Å². The molecular weight excluding hydrogens is 348 g/mol. The molecule has 10 nitrogen and oxygen atoms in total. The van der Waals surface area contributed by atoms with Gasteiger partial charge in [0.05, 0.1) is 18.8 Å². The van der Waals surface area contributed by atoms with Crippen LogP contribution in [0.25, 0.3) is 0 Å². The lowest BCUT2D eigenvalue weighted by Gasteiger charge is -2.36. The Morgan fingerprint density at radius 1 is 1.15 bits per heavy atom. The van der Waals surface area contributed by atoms with Gasteiger partial charge in [-0.2, -0.15) is 0 Å². The number of rotatable bonds is 3. The van der Waals surface area contributed by atoms with E-state index in [1.807, 2.05) is 0 Å². The number of aromatic nitrogens is 4. The van der Waals surface area contributed by atoms with Crippen LogP contribution in [0.2, 0.25) is 0 Å². The Morgan fingerprint density at radius 2 is 1.89 bits per heavy atom. The molecule has 1 fully saturated rings. The highest BCUT2D eigenvalue weighted by Gasteiger charge is 2.27. The summed E-state index contributed by atoms with van der Waals surface area (Å²) >= 11 is 0. The van der Waals surface area contributed by atoms with Gasteiger partial charge in [0, 0.05) is 50.7 Å². The fraction of sp³-hybridized carbons (Fsp3) is 0.471. The van der Waals surface area contributed by atoms with Crippen molar-refractivity contribution in [3.05, 3.63) is 40.1 Å². The van der Waals surface area contributed by atoms with Crippen LogP contribution in [0.4, 0.5) is 11.9 Å². The highest BCUT2D eigenvalue weighted by Crippen LogP contribution is 2.15. The van der Waals surface area contributed by atoms with E-state index >= 15 is 0 Å². The second kappa shape index (κ2) is 7.31. The zero-order valence-electron chi connectivity index (χ0n) is 15.0. The normalized spacial score (nSPS) is 17.6. The summed E-state index contributed by atoms with van der Waals surface area (Å²) in [6.07, 6.45) is 3.97. The highest BCUT2D eigenvalue weighted by atomic mass is 16.2. The van der Waals surface area contributed by atoms with Crippen molar-refractivity contribution in [2.24, 2.45) is 0 Å². The Bertz CT molecular complexity index is 876. The average Bonchev–Trinajstić information content (AvgIpc) is 2.68. The number of anilines is 2. The van der Waals surface area contributed by atoms with Crippen molar-refractivity contribution >= 4 is 17.8 Å². The van der Waals surface area contributed by atoms with Crippen molar-refractivity contribution in [2.75, 3.05) is 49.9 Å². The second-order valence-electron chi connectivity index (χ2n) is 6.75. The first kappa shape index (κ1) is 17.4. The second-order valence-corrected chi connectivity index (χ2v) is 6.75. The Morgan fingerprint density at radius 3 is 2.63 bits per heavy atom. The zero-order chi connectivity index (χ0) is 18.8. The summed E-state index contributed by atoms with van der Waals surface area (Å²) in [4.78, 5) is 45.9. The van der Waals surface area contributed by atoms with Gasteiger partial charge in [-0.15, -0.1) is 0 Å². The number of nitrogens with zero attached hydrogens (tertiary/aromatic N) is 6. The van der Waals surface area contributed by atoms with Gasteiger partial charge in [0.25, 0.3) is 5.56 Å². The molecule has 0 radical (unpaired) electrons. The summed E-state index contributed by atoms with van der Waals surface area (Å²) in [6, 6.07) is 1.80. The van der Waals surface area contributed by atoms with E-state index in [9.17, 15) is 9.59 Å². The molecular formula is C17H22N8O2. The number of carbonyl (C=O) groups excluding carboxylic acids is 1. The topological polar surface area (TPSA) is 124 Å². The monoisotopic (exact) mass is 370 g/mol. The molecule has 1 saturated heterocycles. The first-order valence-electron chi connectivity index (χ1n) is 9.00. The number of hydrogen-bond acceptors (Lipinski definition) is 8. The van der Waals surface area contributed by atoms with Crippen LogP contribution in [0.5, 0.6) is 0 Å². The fourth-order valence-corrected chi connectivity index (χ4v) is 3.52. The third-order valence-electron chi connectivity index (χ3n) is 5.01. The van der Waals surface area contributed by atoms with E-state index in [0.29, 0.717) is 37.3 Å². The predicted octanol–water partition coefficient (Wildman–Crippen LogP) is -1.15. The largest absolute Gasteiger partial charge is 0.369 e. The van der Waals surface area contributed by atoms with Gasteiger partial charge in [-0.25, -0.2) is 15.0 Å². The van der Waals surface area contributed by atoms with Gasteiger partial charge < -0.3 is 15.5 Å². The first-order chi connectivity index (χ1) is 13.1. The number of carbonyl (C=O) groups is 1. The van der Waals surface area contributed by atoms with Crippen LogP contribution in [0, 0.1) is 0 Å². The third kappa shape index (κ3) is 3.75. The van der Waals surface area contributed by atoms with Crippen molar-refractivity contribution in [3.8, 4) is 0 Å². The van der Waals surface area contributed by atoms with E-state index < -0.39 is 0 Å². The molecule has 4 heterocycles. The van der Waals surface area contributed by atoms with E-state index in [1.165, 1.54) is 0 Å². The van der Waals surface area contributed by atoms with Crippen LogP contribution in [0.3, 0.4) is 0 Å². The Hall–Kier alpha value is -3.01. The molecule has 0 saturated carbocycles. The van der Waals surface area contributed by atoms with Crippen LogP contribution in [-0.4, -0.2) is 74.9 Å². The molecule has 10 heteroatoms. The maximum atomic E-state index is 12.7. The van der Waals surface area contributed by atoms with Crippen LogP contribution in [-0.2, 0) is 17.8 Å². The minimum absolute atomic E-state index is 0.0470. The van der Waals surface area contributed by atoms with Gasteiger partial charge in [-0.3, -0.25) is 19.5 Å². The molecule has 2 aromatic heterocycles. The highest BCUT2D eigenvalue weighted by molar-refractivity contribution is 5.78. The smallest absolute Gasteiger partial charge is 0.255 e. The van der Waals surface area contributed by atoms with Gasteiger partial charge in [0.15, 0.2) is 0 Å². The van der Waals surface area contributed by atoms with Gasteiger partial charge in [0.2, 0.25) is 17.8 Å².